The lowest BCUT2D eigenvalue weighted by Gasteiger charge is -2.35. The molecule has 2 N–H and O–H groups in total. The average Bonchev–Trinajstić information content (AvgIpc) is 3.06. The molecule has 2 aromatic rings. The molecule has 1 atom stereocenters. The monoisotopic (exact) mass is 375 g/mol. The summed E-state index contributed by atoms with van der Waals surface area (Å²) in [5, 5.41) is 8.22. The standard InChI is InChI=1S/C14H13F4N5O3/c1-2-26-12(25)13(14(16,17)18,22-23-7-19-20-8-23)21-11(24)9-3-5-10(15)6-4-9/h3-8,22H,2H2,1H3,(H,21,24)/t13-/m1/s1. The van der Waals surface area contributed by atoms with Gasteiger partial charge in [-0.15, -0.1) is 10.2 Å². The van der Waals surface area contributed by atoms with Crippen molar-refractivity contribution in [2.75, 3.05) is 12.0 Å². The van der Waals surface area contributed by atoms with Crippen LogP contribution >= 0.6 is 0 Å². The Morgan fingerprint density at radius 1 is 1.15 bits per heavy atom. The second-order valence-electron chi connectivity index (χ2n) is 4.91. The van der Waals surface area contributed by atoms with E-state index in [2.05, 4.69) is 14.9 Å². The van der Waals surface area contributed by atoms with Crippen molar-refractivity contribution < 1.29 is 31.9 Å². The Labute approximate surface area is 144 Å². The van der Waals surface area contributed by atoms with E-state index in [0.717, 1.165) is 36.9 Å². The van der Waals surface area contributed by atoms with Gasteiger partial charge in [-0.1, -0.05) is 0 Å². The molecule has 1 heterocycles. The van der Waals surface area contributed by atoms with Crippen LogP contribution in [0, 0.1) is 5.82 Å². The third-order valence-electron chi connectivity index (χ3n) is 3.13. The first-order chi connectivity index (χ1) is 12.2. The van der Waals surface area contributed by atoms with Crippen LogP contribution in [0.25, 0.3) is 0 Å². The molecule has 0 spiro atoms. The summed E-state index contributed by atoms with van der Waals surface area (Å²) in [6, 6.07) is 3.72. The second kappa shape index (κ2) is 7.37. The third-order valence-corrected chi connectivity index (χ3v) is 3.13. The topological polar surface area (TPSA) is 98.1 Å². The van der Waals surface area contributed by atoms with Crippen molar-refractivity contribution in [3.63, 3.8) is 0 Å². The summed E-state index contributed by atoms with van der Waals surface area (Å²) in [6.07, 6.45) is -3.60. The first-order valence-electron chi connectivity index (χ1n) is 7.14. The first-order valence-corrected chi connectivity index (χ1v) is 7.14. The minimum atomic E-state index is -5.31. The fourth-order valence-corrected chi connectivity index (χ4v) is 1.91. The SMILES string of the molecule is CCOC(=O)[C@@](NC(=O)c1ccc(F)cc1)(Nn1cnnc1)C(F)(F)F. The highest BCUT2D eigenvalue weighted by molar-refractivity contribution is 5.98. The van der Waals surface area contributed by atoms with Gasteiger partial charge in [0.15, 0.2) is 0 Å². The molecule has 0 bridgehead atoms. The summed E-state index contributed by atoms with van der Waals surface area (Å²) in [5.74, 6) is -3.76. The van der Waals surface area contributed by atoms with Crippen molar-refractivity contribution in [3.05, 3.63) is 48.3 Å². The Bertz CT molecular complexity index is 764. The van der Waals surface area contributed by atoms with E-state index < -0.39 is 29.5 Å². The average molecular weight is 375 g/mol. The number of ether oxygens (including phenoxy) is 1. The van der Waals surface area contributed by atoms with Crippen molar-refractivity contribution in [1.82, 2.24) is 20.2 Å². The van der Waals surface area contributed by atoms with E-state index >= 15 is 0 Å². The minimum absolute atomic E-state index is 0.296. The molecular formula is C14H13F4N5O3. The van der Waals surface area contributed by atoms with Crippen LogP contribution in [0.15, 0.2) is 36.9 Å². The van der Waals surface area contributed by atoms with Gasteiger partial charge in [0.2, 0.25) is 0 Å². The first kappa shape index (κ1) is 19.1. The van der Waals surface area contributed by atoms with E-state index in [1.165, 1.54) is 6.92 Å². The van der Waals surface area contributed by atoms with Crippen LogP contribution < -0.4 is 10.7 Å². The maximum absolute atomic E-state index is 13.8. The zero-order valence-corrected chi connectivity index (χ0v) is 13.2. The van der Waals surface area contributed by atoms with Crippen LogP contribution in [0.1, 0.15) is 17.3 Å². The maximum atomic E-state index is 13.8. The molecule has 0 saturated carbocycles. The van der Waals surface area contributed by atoms with Crippen molar-refractivity contribution in [1.29, 1.82) is 0 Å². The molecule has 0 aliphatic carbocycles. The minimum Gasteiger partial charge on any atom is -0.463 e. The third kappa shape index (κ3) is 3.90. The lowest BCUT2D eigenvalue weighted by molar-refractivity contribution is -0.206. The predicted molar refractivity (Wildman–Crippen MR) is 78.7 cm³/mol. The Hall–Kier alpha value is -3.18. The molecule has 8 nitrogen and oxygen atoms in total. The number of hydrogen-bond donors (Lipinski definition) is 2. The van der Waals surface area contributed by atoms with Crippen molar-refractivity contribution in [2.45, 2.75) is 18.8 Å². The molecule has 0 radical (unpaired) electrons. The molecule has 1 amide bonds. The number of alkyl halides is 3. The number of carbonyl (C=O) groups is 2. The largest absolute Gasteiger partial charge is 0.463 e. The van der Waals surface area contributed by atoms with Gasteiger partial charge >= 0.3 is 17.8 Å². The molecule has 0 fully saturated rings. The molecule has 0 aliphatic heterocycles. The summed E-state index contributed by atoms with van der Waals surface area (Å²) < 4.78 is 59.4. The van der Waals surface area contributed by atoms with Gasteiger partial charge in [0, 0.05) is 5.56 Å². The molecule has 0 aliphatic rings. The summed E-state index contributed by atoms with van der Waals surface area (Å²) in [7, 11) is 0. The number of rotatable bonds is 6. The summed E-state index contributed by atoms with van der Waals surface area (Å²) in [6.45, 7) is 0.937. The van der Waals surface area contributed by atoms with Crippen LogP contribution in [0.4, 0.5) is 17.6 Å². The summed E-state index contributed by atoms with van der Waals surface area (Å²) >= 11 is 0. The fourth-order valence-electron chi connectivity index (χ4n) is 1.91. The van der Waals surface area contributed by atoms with Gasteiger partial charge in [0.25, 0.3) is 5.91 Å². The number of benzene rings is 1. The lowest BCUT2D eigenvalue weighted by Crippen LogP contribution is -2.71. The Morgan fingerprint density at radius 2 is 1.73 bits per heavy atom. The van der Waals surface area contributed by atoms with Crippen LogP contribution in [-0.4, -0.2) is 45.2 Å². The van der Waals surface area contributed by atoms with Gasteiger partial charge in [0.1, 0.15) is 18.5 Å². The number of carbonyl (C=O) groups excluding carboxylic acids is 2. The highest BCUT2D eigenvalue weighted by atomic mass is 19.4. The number of hydrogen-bond acceptors (Lipinski definition) is 6. The molecule has 0 unspecified atom stereocenters. The molecule has 1 aromatic heterocycles. The van der Waals surface area contributed by atoms with E-state index in [4.69, 9.17) is 0 Å². The van der Waals surface area contributed by atoms with Gasteiger partial charge in [-0.05, 0) is 31.2 Å². The zero-order valence-electron chi connectivity index (χ0n) is 13.2. The molecule has 12 heteroatoms. The number of amides is 1. The van der Waals surface area contributed by atoms with Crippen LogP contribution in [0.3, 0.4) is 0 Å². The van der Waals surface area contributed by atoms with Gasteiger partial charge in [-0.3, -0.25) is 10.2 Å². The lowest BCUT2D eigenvalue weighted by atomic mass is 10.1. The molecule has 140 valence electrons. The molecule has 1 aromatic carbocycles. The van der Waals surface area contributed by atoms with Gasteiger partial charge in [-0.25, -0.2) is 13.9 Å². The highest BCUT2D eigenvalue weighted by Gasteiger charge is 2.64. The predicted octanol–water partition coefficient (Wildman–Crippen LogP) is 1.21. The number of nitrogens with zero attached hydrogens (tertiary/aromatic N) is 3. The Balaban J connectivity index is 2.44. The van der Waals surface area contributed by atoms with Crippen LogP contribution in [0.5, 0.6) is 0 Å². The fraction of sp³-hybridized carbons (Fsp3) is 0.286. The van der Waals surface area contributed by atoms with E-state index in [0.29, 0.717) is 4.68 Å². The number of esters is 1. The van der Waals surface area contributed by atoms with Gasteiger partial charge in [-0.2, -0.15) is 13.2 Å². The molecular weight excluding hydrogens is 362 g/mol. The van der Waals surface area contributed by atoms with E-state index in [-0.39, 0.29) is 12.2 Å². The quantitative estimate of drug-likeness (QED) is 0.448. The van der Waals surface area contributed by atoms with Gasteiger partial charge in [0.05, 0.1) is 6.61 Å². The summed E-state index contributed by atoms with van der Waals surface area (Å²) in [5.41, 5.74) is -2.13. The number of nitrogens with one attached hydrogen (secondary N) is 2. The van der Waals surface area contributed by atoms with Crippen LogP contribution in [0.2, 0.25) is 0 Å². The van der Waals surface area contributed by atoms with Crippen molar-refractivity contribution >= 4 is 11.9 Å². The maximum Gasteiger partial charge on any atom is 0.443 e. The molecule has 0 saturated heterocycles. The number of halogens is 4. The second-order valence-corrected chi connectivity index (χ2v) is 4.91. The van der Waals surface area contributed by atoms with E-state index in [1.807, 2.05) is 0 Å². The molecule has 26 heavy (non-hydrogen) atoms. The van der Waals surface area contributed by atoms with Crippen molar-refractivity contribution in [3.8, 4) is 0 Å². The van der Waals surface area contributed by atoms with E-state index in [1.54, 1.807) is 10.7 Å². The molecule has 2 rings (SSSR count). The zero-order chi connectivity index (χ0) is 19.4. The Morgan fingerprint density at radius 3 is 2.23 bits per heavy atom. The highest BCUT2D eigenvalue weighted by Crippen LogP contribution is 2.31. The normalized spacial score (nSPS) is 13.6. The summed E-state index contributed by atoms with van der Waals surface area (Å²) in [4.78, 5) is 24.4. The van der Waals surface area contributed by atoms with Gasteiger partial charge < -0.3 is 10.1 Å². The van der Waals surface area contributed by atoms with Crippen molar-refractivity contribution in [2.24, 2.45) is 0 Å². The van der Waals surface area contributed by atoms with E-state index in [9.17, 15) is 27.2 Å². The van der Waals surface area contributed by atoms with Crippen LogP contribution in [-0.2, 0) is 9.53 Å². The smallest absolute Gasteiger partial charge is 0.443 e. The Kier molecular flexibility index (Phi) is 5.43. The number of aromatic nitrogens is 3.